The zero-order valence-electron chi connectivity index (χ0n) is 39.1. The zero-order chi connectivity index (χ0) is 45.7. The van der Waals surface area contributed by atoms with Gasteiger partial charge in [-0.2, -0.15) is 0 Å². The molecule has 326 valence electrons. The van der Waals surface area contributed by atoms with Crippen molar-refractivity contribution < 1.29 is 4.42 Å². The fraction of sp³-hybridized carbons (Fsp3) is 0.134. The topological polar surface area (TPSA) is 13.1 Å². The van der Waals surface area contributed by atoms with Gasteiger partial charge in [-0.25, -0.2) is 0 Å². The lowest BCUT2D eigenvalue weighted by molar-refractivity contribution is 0.652. The van der Waals surface area contributed by atoms with E-state index < -0.39 is 0 Å². The van der Waals surface area contributed by atoms with E-state index in [0.29, 0.717) is 0 Å². The molecule has 1 heterocycles. The third-order valence-electron chi connectivity index (χ3n) is 15.8. The molecule has 0 amide bonds. The van der Waals surface area contributed by atoms with Crippen LogP contribution in [0.15, 0.2) is 217 Å². The van der Waals surface area contributed by atoms with Crippen LogP contribution in [-0.2, 0) is 17.3 Å². The molecule has 13 rings (SSSR count). The summed E-state index contributed by atoms with van der Waals surface area (Å²) < 4.78 is 6.18. The van der Waals surface area contributed by atoms with Gasteiger partial charge in [-0.15, -0.1) is 0 Å². The van der Waals surface area contributed by atoms with Crippen molar-refractivity contribution in [1.29, 1.82) is 0 Å². The summed E-state index contributed by atoms with van der Waals surface area (Å²) in [6.45, 7) is 9.64. The molecule has 0 fully saturated rings. The number of hydrogen-bond acceptors (Lipinski definition) is 1. The van der Waals surface area contributed by atoms with Crippen LogP contribution < -0.4 is 0 Å². The van der Waals surface area contributed by atoms with E-state index >= 15 is 0 Å². The summed E-state index contributed by atoms with van der Waals surface area (Å²) in [4.78, 5) is 0. The largest absolute Gasteiger partial charge is 0.456 e. The summed E-state index contributed by atoms with van der Waals surface area (Å²) in [6.07, 6.45) is 1.97. The van der Waals surface area contributed by atoms with Crippen LogP contribution >= 0.6 is 0 Å². The van der Waals surface area contributed by atoms with Crippen LogP contribution in [0.5, 0.6) is 0 Å². The Morgan fingerprint density at radius 1 is 0.353 bits per heavy atom. The normalized spacial score (nSPS) is 14.5. The maximum absolute atomic E-state index is 6.18. The van der Waals surface area contributed by atoms with Gasteiger partial charge in [0.15, 0.2) is 0 Å². The van der Waals surface area contributed by atoms with Crippen LogP contribution in [-0.4, -0.2) is 0 Å². The van der Waals surface area contributed by atoms with Crippen molar-refractivity contribution in [2.75, 3.05) is 0 Å². The molecular weight excluding hydrogens is 821 g/mol. The summed E-state index contributed by atoms with van der Waals surface area (Å²) in [5, 5.41) is 4.88. The van der Waals surface area contributed by atoms with E-state index in [9.17, 15) is 0 Å². The summed E-state index contributed by atoms with van der Waals surface area (Å²) in [7, 11) is 0. The van der Waals surface area contributed by atoms with Gasteiger partial charge in [-0.05, 0) is 149 Å². The van der Waals surface area contributed by atoms with Crippen molar-refractivity contribution in [3.05, 3.63) is 251 Å². The van der Waals surface area contributed by atoms with E-state index in [1.807, 2.05) is 6.07 Å². The molecule has 0 bridgehead atoms. The predicted molar refractivity (Wildman–Crippen MR) is 286 cm³/mol. The molecule has 10 aromatic carbocycles. The standard InChI is InChI=1S/C67H52O/c1-66(2)60-37-42(22-32-54(60)55-34-28-49(40-62(55)66)47-30-36-65-59(38-47)58-18-10-11-20-64(58)68-65)21-31-51(45-23-25-46(26-24-45)53-19-12-16-44-15-8-9-17-52(44)53)50-29-35-57-56-33-27-48(43-13-6-5-7-14-43)39-61(56)67(3,4)63(57)41-50/h5-20,22-30,32-41,51H,21,31H2,1-4H3. The molecule has 1 aromatic heterocycles. The molecule has 11 aromatic rings. The monoisotopic (exact) mass is 872 g/mol. The first-order chi connectivity index (χ1) is 33.2. The molecule has 1 nitrogen and oxygen atoms in total. The van der Waals surface area contributed by atoms with E-state index in [1.54, 1.807) is 0 Å². The molecule has 0 saturated heterocycles. The molecule has 0 radical (unpaired) electrons. The van der Waals surface area contributed by atoms with Gasteiger partial charge in [0.25, 0.3) is 0 Å². The first kappa shape index (κ1) is 40.5. The number of fused-ring (bicyclic) bond motifs is 10. The van der Waals surface area contributed by atoms with Gasteiger partial charge in [-0.1, -0.05) is 210 Å². The van der Waals surface area contributed by atoms with Gasteiger partial charge in [0.05, 0.1) is 0 Å². The molecule has 2 aliphatic carbocycles. The fourth-order valence-corrected chi connectivity index (χ4v) is 12.0. The zero-order valence-corrected chi connectivity index (χ0v) is 39.1. The lowest BCUT2D eigenvalue weighted by Crippen LogP contribution is -2.16. The Balaban J connectivity index is 0.839. The van der Waals surface area contributed by atoms with Gasteiger partial charge in [0, 0.05) is 27.5 Å². The molecule has 2 aliphatic rings. The van der Waals surface area contributed by atoms with Crippen molar-refractivity contribution in [3.8, 4) is 55.6 Å². The van der Waals surface area contributed by atoms with E-state index in [0.717, 1.165) is 34.8 Å². The maximum Gasteiger partial charge on any atom is 0.135 e. The summed E-state index contributed by atoms with van der Waals surface area (Å²) >= 11 is 0. The minimum Gasteiger partial charge on any atom is -0.456 e. The van der Waals surface area contributed by atoms with Crippen LogP contribution in [0.1, 0.15) is 79.0 Å². The van der Waals surface area contributed by atoms with Crippen LogP contribution in [0.3, 0.4) is 0 Å². The van der Waals surface area contributed by atoms with Gasteiger partial charge in [0.1, 0.15) is 11.2 Å². The van der Waals surface area contributed by atoms with Gasteiger partial charge in [0.2, 0.25) is 0 Å². The van der Waals surface area contributed by atoms with Crippen molar-refractivity contribution in [3.63, 3.8) is 0 Å². The van der Waals surface area contributed by atoms with Crippen molar-refractivity contribution >= 4 is 32.7 Å². The Morgan fingerprint density at radius 3 is 1.63 bits per heavy atom. The number of hydrogen-bond donors (Lipinski definition) is 0. The average molecular weight is 873 g/mol. The molecule has 1 atom stereocenters. The number of rotatable bonds is 8. The smallest absolute Gasteiger partial charge is 0.135 e. The summed E-state index contributed by atoms with van der Waals surface area (Å²) in [6, 6.07) is 79.5. The molecule has 1 heteroatoms. The molecule has 0 N–H and O–H groups in total. The third-order valence-corrected chi connectivity index (χ3v) is 15.8. The minimum absolute atomic E-state index is 0.130. The van der Waals surface area contributed by atoms with E-state index in [1.165, 1.54) is 105 Å². The minimum atomic E-state index is -0.138. The molecule has 1 unspecified atom stereocenters. The Morgan fingerprint density at radius 2 is 0.882 bits per heavy atom. The lowest BCUT2D eigenvalue weighted by Gasteiger charge is -2.25. The highest BCUT2D eigenvalue weighted by molar-refractivity contribution is 6.06. The van der Waals surface area contributed by atoms with E-state index in [-0.39, 0.29) is 16.7 Å². The van der Waals surface area contributed by atoms with Crippen molar-refractivity contribution in [2.45, 2.75) is 57.3 Å². The fourth-order valence-electron chi connectivity index (χ4n) is 12.0. The Bertz CT molecular complexity index is 3780. The van der Waals surface area contributed by atoms with Crippen LogP contribution in [0.4, 0.5) is 0 Å². The second-order valence-corrected chi connectivity index (χ2v) is 20.4. The second kappa shape index (κ2) is 15.4. The highest BCUT2D eigenvalue weighted by atomic mass is 16.3. The number of para-hydroxylation sites is 1. The van der Waals surface area contributed by atoms with Crippen LogP contribution in [0.2, 0.25) is 0 Å². The summed E-state index contributed by atoms with van der Waals surface area (Å²) in [5.41, 5.74) is 24.3. The van der Waals surface area contributed by atoms with E-state index in [2.05, 4.69) is 234 Å². The van der Waals surface area contributed by atoms with Gasteiger partial charge < -0.3 is 4.42 Å². The first-order valence-corrected chi connectivity index (χ1v) is 24.3. The molecule has 68 heavy (non-hydrogen) atoms. The highest BCUT2D eigenvalue weighted by Crippen LogP contribution is 2.52. The Labute approximate surface area is 399 Å². The maximum atomic E-state index is 6.18. The van der Waals surface area contributed by atoms with Gasteiger partial charge in [-0.3, -0.25) is 0 Å². The lowest BCUT2D eigenvalue weighted by atomic mass is 9.78. The first-order valence-electron chi connectivity index (χ1n) is 24.3. The average Bonchev–Trinajstić information content (AvgIpc) is 3.95. The number of aryl methyl sites for hydroxylation is 1. The molecule has 0 saturated carbocycles. The van der Waals surface area contributed by atoms with E-state index in [4.69, 9.17) is 4.42 Å². The number of furan rings is 1. The quantitative estimate of drug-likeness (QED) is 0.148. The Hall–Kier alpha value is -7.74. The SMILES string of the molecule is CC1(C)c2cc(CCC(c3ccc(-c4cccc5ccccc45)cc3)c3ccc4c(c3)C(C)(C)c3cc(-c5ccccc5)ccc3-4)ccc2-c2ccc(-c3ccc4oc5ccccc5c4c3)cc21. The number of benzene rings is 10. The molecular formula is C67H52O. The highest BCUT2D eigenvalue weighted by Gasteiger charge is 2.38. The van der Waals surface area contributed by atoms with Crippen LogP contribution in [0, 0.1) is 0 Å². The predicted octanol–water partition coefficient (Wildman–Crippen LogP) is 18.1. The summed E-state index contributed by atoms with van der Waals surface area (Å²) in [5.74, 6) is 0.215. The molecule has 0 aliphatic heterocycles. The van der Waals surface area contributed by atoms with Gasteiger partial charge >= 0.3 is 0 Å². The second-order valence-electron chi connectivity index (χ2n) is 20.4. The van der Waals surface area contributed by atoms with Crippen molar-refractivity contribution in [2.24, 2.45) is 0 Å². The van der Waals surface area contributed by atoms with Crippen molar-refractivity contribution in [1.82, 2.24) is 0 Å². The Kier molecular flexibility index (Phi) is 9.18. The third kappa shape index (κ3) is 6.44. The molecule has 0 spiro atoms. The van der Waals surface area contributed by atoms with Crippen LogP contribution in [0.25, 0.3) is 88.3 Å².